The largest absolute Gasteiger partial charge is 0.549 e. The van der Waals surface area contributed by atoms with E-state index in [-0.39, 0.29) is 6.04 Å². The fraction of sp³-hybridized carbons (Fsp3) is 0.417. The normalized spacial score (nSPS) is 13.8. The van der Waals surface area contributed by atoms with Crippen LogP contribution in [0.5, 0.6) is 0 Å². The van der Waals surface area contributed by atoms with Gasteiger partial charge in [0.05, 0.1) is 5.39 Å². The van der Waals surface area contributed by atoms with Gasteiger partial charge in [0.25, 0.3) is 0 Å². The summed E-state index contributed by atoms with van der Waals surface area (Å²) < 4.78 is 1.78. The summed E-state index contributed by atoms with van der Waals surface area (Å²) in [5.74, 6) is -1.10. The van der Waals surface area contributed by atoms with Gasteiger partial charge in [0.1, 0.15) is 17.1 Å². The first-order chi connectivity index (χ1) is 8.35. The molecule has 5 nitrogen and oxygen atoms in total. The van der Waals surface area contributed by atoms with E-state index in [2.05, 4.69) is 9.97 Å². The van der Waals surface area contributed by atoms with E-state index in [1.165, 1.54) is 6.33 Å². The van der Waals surface area contributed by atoms with Gasteiger partial charge in [-0.15, -0.1) is 0 Å². The molecule has 6 heteroatoms. The lowest BCUT2D eigenvalue weighted by molar-refractivity contribution is -0.319. The SMILES string of the molecule is CC(n1ccc2c(Cl)ncnc21)C(C)(C)C(=O)[O-]. The predicted molar refractivity (Wildman–Crippen MR) is 66.0 cm³/mol. The maximum absolute atomic E-state index is 11.2. The number of carboxylic acids is 1. The number of rotatable bonds is 3. The number of halogens is 1. The van der Waals surface area contributed by atoms with Crippen molar-refractivity contribution in [2.24, 2.45) is 5.41 Å². The summed E-state index contributed by atoms with van der Waals surface area (Å²) in [7, 11) is 0. The van der Waals surface area contributed by atoms with Crippen LogP contribution in [0.15, 0.2) is 18.6 Å². The smallest absolute Gasteiger partial charge is 0.145 e. The maximum atomic E-state index is 11.2. The summed E-state index contributed by atoms with van der Waals surface area (Å²) in [6.07, 6.45) is 3.13. The zero-order valence-electron chi connectivity index (χ0n) is 10.3. The number of hydrogen-bond donors (Lipinski definition) is 0. The number of aliphatic carboxylic acids is 1. The summed E-state index contributed by atoms with van der Waals surface area (Å²) in [4.78, 5) is 19.2. The molecule has 1 atom stereocenters. The third-order valence-electron chi connectivity index (χ3n) is 3.45. The first kappa shape index (κ1) is 12.8. The predicted octanol–water partition coefficient (Wildman–Crippen LogP) is 1.42. The first-order valence-corrected chi connectivity index (χ1v) is 5.92. The van der Waals surface area contributed by atoms with Crippen molar-refractivity contribution in [1.29, 1.82) is 0 Å². The molecule has 0 bridgehead atoms. The molecule has 2 heterocycles. The number of carbonyl (C=O) groups is 1. The Hall–Kier alpha value is -1.62. The third kappa shape index (κ3) is 1.84. The van der Waals surface area contributed by atoms with Crippen LogP contribution in [0.25, 0.3) is 11.0 Å². The second-order valence-corrected chi connectivity index (χ2v) is 5.17. The van der Waals surface area contributed by atoms with E-state index in [0.29, 0.717) is 16.2 Å². The fourth-order valence-corrected chi connectivity index (χ4v) is 1.96. The monoisotopic (exact) mass is 266 g/mol. The highest BCUT2D eigenvalue weighted by atomic mass is 35.5. The van der Waals surface area contributed by atoms with Crippen LogP contribution in [0, 0.1) is 5.41 Å². The molecule has 0 amide bonds. The Morgan fingerprint density at radius 2 is 2.17 bits per heavy atom. The molecule has 0 saturated heterocycles. The fourth-order valence-electron chi connectivity index (χ4n) is 1.77. The number of aromatic nitrogens is 3. The highest BCUT2D eigenvalue weighted by molar-refractivity contribution is 6.33. The zero-order valence-corrected chi connectivity index (χ0v) is 11.1. The molecule has 0 aliphatic heterocycles. The van der Waals surface area contributed by atoms with E-state index in [9.17, 15) is 9.90 Å². The Morgan fingerprint density at radius 1 is 1.50 bits per heavy atom. The van der Waals surface area contributed by atoms with Gasteiger partial charge in [0.15, 0.2) is 0 Å². The lowest BCUT2D eigenvalue weighted by Crippen LogP contribution is -2.43. The minimum Gasteiger partial charge on any atom is -0.549 e. The molecule has 2 aromatic heterocycles. The Morgan fingerprint density at radius 3 is 2.78 bits per heavy atom. The molecule has 18 heavy (non-hydrogen) atoms. The number of fused-ring (bicyclic) bond motifs is 1. The molecule has 96 valence electrons. The molecule has 2 rings (SSSR count). The molecule has 0 aliphatic rings. The van der Waals surface area contributed by atoms with Crippen molar-refractivity contribution in [3.63, 3.8) is 0 Å². The van der Waals surface area contributed by atoms with Crippen molar-refractivity contribution in [1.82, 2.24) is 14.5 Å². The Balaban J connectivity index is 2.56. The number of nitrogens with zero attached hydrogens (tertiary/aromatic N) is 3. The van der Waals surface area contributed by atoms with Crippen molar-refractivity contribution in [3.8, 4) is 0 Å². The van der Waals surface area contributed by atoms with E-state index in [0.717, 1.165) is 0 Å². The van der Waals surface area contributed by atoms with Crippen molar-refractivity contribution in [2.45, 2.75) is 26.8 Å². The van der Waals surface area contributed by atoms with E-state index in [1.807, 2.05) is 6.92 Å². The van der Waals surface area contributed by atoms with Gasteiger partial charge in [-0.25, -0.2) is 9.97 Å². The van der Waals surface area contributed by atoms with Crippen LogP contribution in [0.4, 0.5) is 0 Å². The first-order valence-electron chi connectivity index (χ1n) is 5.54. The van der Waals surface area contributed by atoms with E-state index < -0.39 is 11.4 Å². The van der Waals surface area contributed by atoms with Gasteiger partial charge in [-0.1, -0.05) is 25.4 Å². The van der Waals surface area contributed by atoms with Crippen LogP contribution in [0.1, 0.15) is 26.8 Å². The highest BCUT2D eigenvalue weighted by Crippen LogP contribution is 2.33. The van der Waals surface area contributed by atoms with Crippen molar-refractivity contribution < 1.29 is 9.90 Å². The molecular formula is C12H13ClN3O2-. The maximum Gasteiger partial charge on any atom is 0.145 e. The van der Waals surface area contributed by atoms with Crippen LogP contribution in [-0.2, 0) is 4.79 Å². The molecule has 0 spiro atoms. The molecule has 0 fully saturated rings. The molecule has 0 radical (unpaired) electrons. The van der Waals surface area contributed by atoms with Crippen LogP contribution < -0.4 is 5.11 Å². The van der Waals surface area contributed by atoms with Crippen LogP contribution in [0.2, 0.25) is 5.15 Å². The van der Waals surface area contributed by atoms with E-state index in [1.54, 1.807) is 30.7 Å². The second-order valence-electron chi connectivity index (χ2n) is 4.81. The Bertz CT molecular complexity index is 606. The average molecular weight is 267 g/mol. The Labute approximate surface area is 109 Å². The van der Waals surface area contributed by atoms with Gasteiger partial charge in [-0.05, 0) is 13.0 Å². The topological polar surface area (TPSA) is 70.8 Å². The molecule has 0 N–H and O–H groups in total. The van der Waals surface area contributed by atoms with E-state index in [4.69, 9.17) is 11.6 Å². The molecule has 0 saturated carbocycles. The summed E-state index contributed by atoms with van der Waals surface area (Å²) in [6.45, 7) is 5.06. The number of carbonyl (C=O) groups excluding carboxylic acids is 1. The van der Waals surface area contributed by atoms with Gasteiger partial charge >= 0.3 is 0 Å². The minimum absolute atomic E-state index is 0.314. The standard InChI is InChI=1S/C12H14ClN3O2/c1-7(12(2,3)11(17)18)16-5-4-8-9(13)14-6-15-10(8)16/h4-7H,1-3H3,(H,17,18)/p-1. The van der Waals surface area contributed by atoms with Crippen LogP contribution >= 0.6 is 11.6 Å². The summed E-state index contributed by atoms with van der Waals surface area (Å²) in [6, 6.07) is 1.46. The minimum atomic E-state index is -1.10. The van der Waals surface area contributed by atoms with Gasteiger partial charge in [0, 0.05) is 23.6 Å². The van der Waals surface area contributed by atoms with E-state index >= 15 is 0 Å². The molecule has 2 aromatic rings. The van der Waals surface area contributed by atoms with Crippen LogP contribution in [0.3, 0.4) is 0 Å². The van der Waals surface area contributed by atoms with Gasteiger partial charge in [-0.3, -0.25) is 0 Å². The molecular weight excluding hydrogens is 254 g/mol. The van der Waals surface area contributed by atoms with Gasteiger partial charge < -0.3 is 14.5 Å². The highest BCUT2D eigenvalue weighted by Gasteiger charge is 2.29. The summed E-state index contributed by atoms with van der Waals surface area (Å²) >= 11 is 5.96. The second kappa shape index (κ2) is 4.24. The summed E-state index contributed by atoms with van der Waals surface area (Å²) in [5.41, 5.74) is -0.388. The molecule has 1 unspecified atom stereocenters. The molecule has 0 aliphatic carbocycles. The quantitative estimate of drug-likeness (QED) is 0.788. The lowest BCUT2D eigenvalue weighted by Gasteiger charge is -2.33. The zero-order chi connectivity index (χ0) is 13.5. The van der Waals surface area contributed by atoms with Crippen molar-refractivity contribution >= 4 is 28.6 Å². The van der Waals surface area contributed by atoms with Crippen molar-refractivity contribution in [3.05, 3.63) is 23.7 Å². The third-order valence-corrected chi connectivity index (χ3v) is 3.75. The summed E-state index contributed by atoms with van der Waals surface area (Å²) in [5, 5.41) is 12.2. The van der Waals surface area contributed by atoms with Gasteiger partial charge in [0.2, 0.25) is 0 Å². The number of hydrogen-bond acceptors (Lipinski definition) is 4. The average Bonchev–Trinajstić information content (AvgIpc) is 2.73. The van der Waals surface area contributed by atoms with Crippen LogP contribution in [-0.4, -0.2) is 20.5 Å². The van der Waals surface area contributed by atoms with Crippen molar-refractivity contribution in [2.75, 3.05) is 0 Å². The van der Waals surface area contributed by atoms with Gasteiger partial charge in [-0.2, -0.15) is 0 Å². The molecule has 0 aromatic carbocycles. The Kier molecular flexibility index (Phi) is 3.02. The number of carboxylic acid groups (broad SMARTS) is 1. The lowest BCUT2D eigenvalue weighted by atomic mass is 9.85.